The molecule has 0 aromatic heterocycles. The number of halogens is 1. The number of nitrogens with one attached hydrogen (secondary N) is 2. The van der Waals surface area contributed by atoms with E-state index in [-0.39, 0.29) is 16.1 Å². The number of piperazine rings is 1. The molecule has 0 bridgehead atoms. The van der Waals surface area contributed by atoms with Gasteiger partial charge in [-0.25, -0.2) is 13.1 Å². The number of thioether (sulfide) groups is 1. The monoisotopic (exact) mass is 767 g/mol. The van der Waals surface area contributed by atoms with E-state index in [2.05, 4.69) is 50.2 Å². The van der Waals surface area contributed by atoms with Gasteiger partial charge in [-0.2, -0.15) is 0 Å². The summed E-state index contributed by atoms with van der Waals surface area (Å²) >= 11 is 7.90. The maximum absolute atomic E-state index is 13.3. The molecule has 0 unspecified atom stereocenters. The van der Waals surface area contributed by atoms with Crippen molar-refractivity contribution in [1.82, 2.24) is 9.62 Å². The van der Waals surface area contributed by atoms with E-state index in [1.54, 1.807) is 23.9 Å². The van der Waals surface area contributed by atoms with E-state index in [1.165, 1.54) is 23.3 Å². The zero-order chi connectivity index (χ0) is 37.0. The zero-order valence-corrected chi connectivity index (χ0v) is 31.2. The summed E-state index contributed by atoms with van der Waals surface area (Å²) in [5.74, 6) is -0.143. The third kappa shape index (κ3) is 8.52. The van der Waals surface area contributed by atoms with Gasteiger partial charge in [0.1, 0.15) is 5.69 Å². The lowest BCUT2D eigenvalue weighted by molar-refractivity contribution is -0.384. The Bertz CT molecular complexity index is 2260. The summed E-state index contributed by atoms with van der Waals surface area (Å²) in [6, 6.07) is 35.3. The molecule has 2 N–H and O–H groups in total. The second kappa shape index (κ2) is 16.0. The van der Waals surface area contributed by atoms with Gasteiger partial charge >= 0.3 is 0 Å². The van der Waals surface area contributed by atoms with Gasteiger partial charge in [0.15, 0.2) is 0 Å². The first kappa shape index (κ1) is 36.5. The van der Waals surface area contributed by atoms with Gasteiger partial charge in [-0.15, -0.1) is 11.8 Å². The van der Waals surface area contributed by atoms with Crippen molar-refractivity contribution in [3.63, 3.8) is 0 Å². The minimum atomic E-state index is -4.40. The number of hydrogen-bond acceptors (Lipinski definition) is 9. The predicted octanol–water partition coefficient (Wildman–Crippen LogP) is 7.88. The minimum Gasteiger partial charge on any atom is -0.379 e. The number of nitrogens with zero attached hydrogens (tertiary/aromatic N) is 3. The van der Waals surface area contributed by atoms with Crippen molar-refractivity contribution < 1.29 is 18.1 Å². The summed E-state index contributed by atoms with van der Waals surface area (Å²) in [6.07, 6.45) is 1.65. The van der Waals surface area contributed by atoms with Crippen molar-refractivity contribution in [1.29, 1.82) is 0 Å². The Morgan fingerprint density at radius 2 is 1.74 bits per heavy atom. The molecule has 0 radical (unpaired) electrons. The van der Waals surface area contributed by atoms with E-state index >= 15 is 0 Å². The molecule has 10 nitrogen and oxygen atoms in total. The van der Waals surface area contributed by atoms with Crippen molar-refractivity contribution >= 4 is 56.4 Å². The van der Waals surface area contributed by atoms with Gasteiger partial charge in [-0.1, -0.05) is 66.2 Å². The Balaban J connectivity index is 0.980. The zero-order valence-electron chi connectivity index (χ0n) is 28.8. The van der Waals surface area contributed by atoms with Gasteiger partial charge in [-0.05, 0) is 89.7 Å². The topological polar surface area (TPSA) is 125 Å². The van der Waals surface area contributed by atoms with Gasteiger partial charge in [0.05, 0.1) is 9.82 Å². The smallest absolute Gasteiger partial charge is 0.293 e. The first-order valence-electron chi connectivity index (χ1n) is 17.4. The summed E-state index contributed by atoms with van der Waals surface area (Å²) in [4.78, 5) is 30.1. The highest BCUT2D eigenvalue weighted by molar-refractivity contribution is 7.99. The molecule has 0 aliphatic carbocycles. The molecule has 1 amide bonds. The first-order valence-corrected chi connectivity index (χ1v) is 20.2. The lowest BCUT2D eigenvalue weighted by Gasteiger charge is -2.46. The maximum Gasteiger partial charge on any atom is 0.293 e. The fraction of sp³-hybridized carbons (Fsp3) is 0.225. The number of rotatable bonds is 12. The average molecular weight is 768 g/mol. The highest BCUT2D eigenvalue weighted by atomic mass is 35.5. The maximum atomic E-state index is 13.3. The van der Waals surface area contributed by atoms with Crippen LogP contribution in [0.15, 0.2) is 125 Å². The Kier molecular flexibility index (Phi) is 11.0. The van der Waals surface area contributed by atoms with Gasteiger partial charge in [0.2, 0.25) is 0 Å². The first-order chi connectivity index (χ1) is 25.6. The lowest BCUT2D eigenvalue weighted by Crippen LogP contribution is -2.54. The van der Waals surface area contributed by atoms with Crippen LogP contribution < -0.4 is 14.9 Å². The van der Waals surface area contributed by atoms with Crippen molar-refractivity contribution in [2.45, 2.75) is 35.2 Å². The molecule has 0 saturated carbocycles. The van der Waals surface area contributed by atoms with Crippen LogP contribution in [0.3, 0.4) is 0 Å². The van der Waals surface area contributed by atoms with Crippen molar-refractivity contribution in [3.05, 3.63) is 147 Å². The molecule has 2 aliphatic heterocycles. The third-order valence-corrected chi connectivity index (χ3v) is 12.2. The van der Waals surface area contributed by atoms with E-state index < -0.39 is 26.5 Å². The molecule has 0 spiro atoms. The van der Waals surface area contributed by atoms with Crippen LogP contribution >= 0.6 is 23.4 Å². The Morgan fingerprint density at radius 1 is 0.925 bits per heavy atom. The number of aryl methyl sites for hydroxylation is 1. The molecule has 53 heavy (non-hydrogen) atoms. The van der Waals surface area contributed by atoms with E-state index in [1.807, 2.05) is 54.6 Å². The van der Waals surface area contributed by atoms with Crippen LogP contribution in [0.4, 0.5) is 17.1 Å². The SMILES string of the molecule is O=C(NS(=O)(=O)c1ccc(NCCSc2ccccc2)c([N+](=O)[O-])c1)c1ccc2c(c1)CC[C@H]1CN(Cc3ccccc3-c3cccc(Cl)c3)CCN21. The largest absolute Gasteiger partial charge is 0.379 e. The summed E-state index contributed by atoms with van der Waals surface area (Å²) in [5, 5.41) is 15.6. The molecular formula is C40H38ClN5O5S2. The Morgan fingerprint density at radius 3 is 2.55 bits per heavy atom. The number of anilines is 2. The number of carbonyl (C=O) groups is 1. The molecule has 7 rings (SSSR count). The second-order valence-electron chi connectivity index (χ2n) is 13.1. The molecule has 1 saturated heterocycles. The highest BCUT2D eigenvalue weighted by Crippen LogP contribution is 2.35. The van der Waals surface area contributed by atoms with Crippen molar-refractivity contribution in [2.24, 2.45) is 0 Å². The normalized spacial score (nSPS) is 15.6. The van der Waals surface area contributed by atoms with Gasteiger partial charge < -0.3 is 10.2 Å². The summed E-state index contributed by atoms with van der Waals surface area (Å²) in [5.41, 5.74) is 5.59. The molecular weight excluding hydrogens is 730 g/mol. The number of nitro benzene ring substituents is 1. The van der Waals surface area contributed by atoms with Crippen LogP contribution in [-0.2, 0) is 23.0 Å². The van der Waals surface area contributed by atoms with Crippen LogP contribution in [0.2, 0.25) is 5.02 Å². The van der Waals surface area contributed by atoms with Crippen molar-refractivity contribution in [3.8, 4) is 11.1 Å². The lowest BCUT2D eigenvalue weighted by atomic mass is 9.92. The van der Waals surface area contributed by atoms with Crippen LogP contribution in [0, 0.1) is 10.1 Å². The molecule has 13 heteroatoms. The fourth-order valence-corrected chi connectivity index (χ4v) is 9.06. The number of amides is 1. The van der Waals surface area contributed by atoms with Crippen LogP contribution in [0.1, 0.15) is 27.9 Å². The van der Waals surface area contributed by atoms with Crippen LogP contribution in [0.25, 0.3) is 11.1 Å². The highest BCUT2D eigenvalue weighted by Gasteiger charge is 2.33. The van der Waals surface area contributed by atoms with Gasteiger partial charge in [0, 0.05) is 71.8 Å². The second-order valence-corrected chi connectivity index (χ2v) is 16.4. The van der Waals surface area contributed by atoms with E-state index in [9.17, 15) is 23.3 Å². The number of carbonyl (C=O) groups excluding carboxylic acids is 1. The van der Waals surface area contributed by atoms with Gasteiger partial charge in [0.25, 0.3) is 21.6 Å². The molecule has 5 aromatic rings. The molecule has 1 atom stereocenters. The standard InChI is InChI=1S/C40H38ClN5O5S2/c41-32-9-6-8-28(24-32)36-12-5-4-7-31(36)26-44-20-21-45-33(27-44)15-13-29-23-30(14-18-38(29)45)40(47)43-53(50,51)35-16-17-37(39(25-35)46(48)49)42-19-22-52-34-10-2-1-3-11-34/h1-12,14,16-18,23-25,33,42H,13,15,19-22,26-27H2,(H,43,47)/t33-/m0/s1. The number of fused-ring (bicyclic) bond motifs is 3. The molecule has 2 aliphatic rings. The number of hydrogen-bond donors (Lipinski definition) is 2. The molecule has 5 aromatic carbocycles. The quantitative estimate of drug-likeness (QED) is 0.0565. The summed E-state index contributed by atoms with van der Waals surface area (Å²) in [6.45, 7) is 3.85. The molecule has 1 fully saturated rings. The summed E-state index contributed by atoms with van der Waals surface area (Å²) < 4.78 is 28.7. The predicted molar refractivity (Wildman–Crippen MR) is 211 cm³/mol. The molecule has 2 heterocycles. The van der Waals surface area contributed by atoms with Crippen molar-refractivity contribution in [2.75, 3.05) is 42.1 Å². The van der Waals surface area contributed by atoms with E-state index in [4.69, 9.17) is 11.6 Å². The Labute approximate surface area is 318 Å². The van der Waals surface area contributed by atoms with E-state index in [0.717, 1.165) is 66.8 Å². The number of nitro groups is 1. The molecule has 272 valence electrons. The van der Waals surface area contributed by atoms with Crippen LogP contribution in [0.5, 0.6) is 0 Å². The Hall–Kier alpha value is -4.88. The average Bonchev–Trinajstić information content (AvgIpc) is 3.16. The fourth-order valence-electron chi connectivity index (χ4n) is 7.08. The number of benzene rings is 5. The third-order valence-electron chi connectivity index (χ3n) is 9.64. The van der Waals surface area contributed by atoms with Gasteiger partial charge in [-0.3, -0.25) is 19.8 Å². The van der Waals surface area contributed by atoms with Crippen LogP contribution in [-0.4, -0.2) is 62.1 Å². The minimum absolute atomic E-state index is 0.199. The number of sulfonamides is 1. The van der Waals surface area contributed by atoms with E-state index in [0.29, 0.717) is 23.4 Å². The summed E-state index contributed by atoms with van der Waals surface area (Å²) in [7, 11) is -4.40.